The van der Waals surface area contributed by atoms with Gasteiger partial charge in [0.25, 0.3) is 0 Å². The van der Waals surface area contributed by atoms with E-state index in [1.807, 2.05) is 18.2 Å². The average Bonchev–Trinajstić information content (AvgIpc) is 2.27. The predicted octanol–water partition coefficient (Wildman–Crippen LogP) is 2.29. The lowest BCUT2D eigenvalue weighted by Crippen LogP contribution is -2.38. The smallest absolute Gasteiger partial charge is 0.338 e. The number of hydrogen-bond donors (Lipinski definition) is 0. The third-order valence-corrected chi connectivity index (χ3v) is 2.66. The van der Waals surface area contributed by atoms with Crippen molar-refractivity contribution in [1.82, 2.24) is 0 Å². The van der Waals surface area contributed by atoms with Crippen LogP contribution in [0.1, 0.15) is 15.9 Å². The second kappa shape index (κ2) is 6.03. The molecule has 94 valence electrons. The number of benzene rings is 1. The Balaban J connectivity index is 2.58. The Morgan fingerprint density at radius 2 is 1.94 bits per heavy atom. The largest absolute Gasteiger partial charge is 0.456 e. The lowest BCUT2D eigenvalue weighted by atomic mass is 10.1. The molecule has 0 aliphatic carbocycles. The van der Waals surface area contributed by atoms with Gasteiger partial charge >= 0.3 is 5.97 Å². The molecule has 0 aliphatic rings. The summed E-state index contributed by atoms with van der Waals surface area (Å²) in [4.78, 5) is 11.8. The molecule has 1 aromatic carbocycles. The Bertz CT molecular complexity index is 385. The molecule has 0 radical (unpaired) electrons. The van der Waals surface area contributed by atoms with Crippen LogP contribution >= 0.6 is 11.6 Å². The van der Waals surface area contributed by atoms with Gasteiger partial charge in [-0.1, -0.05) is 18.2 Å². The molecule has 0 atom stereocenters. The van der Waals surface area contributed by atoms with Gasteiger partial charge in [-0.15, -0.1) is 11.6 Å². The SMILES string of the molecule is C[N+](C)(C)CCOC(=O)c1ccccc1CCl. The summed E-state index contributed by atoms with van der Waals surface area (Å²) in [7, 11) is 6.17. The minimum absolute atomic E-state index is 0.297. The molecule has 0 bridgehead atoms. The van der Waals surface area contributed by atoms with E-state index in [1.165, 1.54) is 0 Å². The number of nitrogens with zero attached hydrogens (tertiary/aromatic N) is 1. The van der Waals surface area contributed by atoms with E-state index in [-0.39, 0.29) is 5.97 Å². The maximum Gasteiger partial charge on any atom is 0.338 e. The highest BCUT2D eigenvalue weighted by Gasteiger charge is 2.13. The fourth-order valence-corrected chi connectivity index (χ4v) is 1.56. The molecule has 0 amide bonds. The molecular formula is C13H19ClNO2+. The van der Waals surface area contributed by atoms with Gasteiger partial charge < -0.3 is 9.22 Å². The van der Waals surface area contributed by atoms with Crippen LogP contribution in [0, 0.1) is 0 Å². The van der Waals surface area contributed by atoms with Crippen LogP contribution in [0.4, 0.5) is 0 Å². The summed E-state index contributed by atoms with van der Waals surface area (Å²) in [6.07, 6.45) is 0. The molecule has 0 N–H and O–H groups in total. The molecule has 0 saturated heterocycles. The molecule has 1 aromatic rings. The quantitative estimate of drug-likeness (QED) is 0.459. The summed E-state index contributed by atoms with van der Waals surface area (Å²) in [5.41, 5.74) is 1.37. The number of hydrogen-bond acceptors (Lipinski definition) is 2. The molecule has 0 saturated carbocycles. The fraction of sp³-hybridized carbons (Fsp3) is 0.462. The lowest BCUT2D eigenvalue weighted by molar-refractivity contribution is -0.870. The zero-order chi connectivity index (χ0) is 12.9. The van der Waals surface area contributed by atoms with Gasteiger partial charge in [0, 0.05) is 5.88 Å². The van der Waals surface area contributed by atoms with Crippen LogP contribution in [0.3, 0.4) is 0 Å². The van der Waals surface area contributed by atoms with Crippen molar-refractivity contribution in [2.45, 2.75) is 5.88 Å². The van der Waals surface area contributed by atoms with Crippen molar-refractivity contribution in [3.05, 3.63) is 35.4 Å². The van der Waals surface area contributed by atoms with Gasteiger partial charge in [-0.3, -0.25) is 0 Å². The molecule has 0 heterocycles. The monoisotopic (exact) mass is 256 g/mol. The van der Waals surface area contributed by atoms with Crippen molar-refractivity contribution in [1.29, 1.82) is 0 Å². The summed E-state index contributed by atoms with van der Waals surface area (Å²) < 4.78 is 6.00. The van der Waals surface area contributed by atoms with E-state index in [9.17, 15) is 4.79 Å². The Kier molecular flexibility index (Phi) is 4.97. The minimum atomic E-state index is -0.297. The number of halogens is 1. The van der Waals surface area contributed by atoms with Crippen LogP contribution in [0.25, 0.3) is 0 Å². The topological polar surface area (TPSA) is 26.3 Å². The highest BCUT2D eigenvalue weighted by Crippen LogP contribution is 2.12. The van der Waals surface area contributed by atoms with Crippen LogP contribution in [-0.2, 0) is 10.6 Å². The van der Waals surface area contributed by atoms with E-state index < -0.39 is 0 Å². The summed E-state index contributed by atoms with van der Waals surface area (Å²) in [6.45, 7) is 1.20. The third kappa shape index (κ3) is 4.75. The number of ether oxygens (including phenoxy) is 1. The van der Waals surface area contributed by atoms with Crippen molar-refractivity contribution in [3.63, 3.8) is 0 Å². The summed E-state index contributed by atoms with van der Waals surface area (Å²) in [5, 5.41) is 0. The van der Waals surface area contributed by atoms with Gasteiger partial charge in [-0.05, 0) is 11.6 Å². The van der Waals surface area contributed by atoms with E-state index in [2.05, 4.69) is 21.1 Å². The number of rotatable bonds is 5. The first-order valence-electron chi connectivity index (χ1n) is 5.55. The summed E-state index contributed by atoms with van der Waals surface area (Å²) in [6, 6.07) is 7.25. The molecule has 1 rings (SSSR count). The first-order chi connectivity index (χ1) is 7.94. The third-order valence-electron chi connectivity index (χ3n) is 2.38. The van der Waals surface area contributed by atoms with Gasteiger partial charge in [0.15, 0.2) is 0 Å². The van der Waals surface area contributed by atoms with Gasteiger partial charge in [0.2, 0.25) is 0 Å². The summed E-state index contributed by atoms with van der Waals surface area (Å²) in [5.74, 6) is 0.0235. The van der Waals surface area contributed by atoms with Crippen LogP contribution in [-0.4, -0.2) is 44.7 Å². The highest BCUT2D eigenvalue weighted by molar-refractivity contribution is 6.17. The normalized spacial score (nSPS) is 11.3. The average molecular weight is 257 g/mol. The van der Waals surface area contributed by atoms with Gasteiger partial charge in [0.05, 0.1) is 26.7 Å². The van der Waals surface area contributed by atoms with Gasteiger partial charge in [-0.2, -0.15) is 0 Å². The van der Waals surface area contributed by atoms with Gasteiger partial charge in [-0.25, -0.2) is 4.79 Å². The zero-order valence-corrected chi connectivity index (χ0v) is 11.3. The van der Waals surface area contributed by atoms with E-state index in [1.54, 1.807) is 6.07 Å². The molecule has 0 unspecified atom stereocenters. The van der Waals surface area contributed by atoms with E-state index in [0.29, 0.717) is 18.1 Å². The Labute approximate surface area is 108 Å². The molecule has 17 heavy (non-hydrogen) atoms. The van der Waals surface area contributed by atoms with Crippen LogP contribution < -0.4 is 0 Å². The van der Waals surface area contributed by atoms with Crippen molar-refractivity contribution in [2.24, 2.45) is 0 Å². The second-order valence-corrected chi connectivity index (χ2v) is 5.21. The summed E-state index contributed by atoms with van der Waals surface area (Å²) >= 11 is 5.77. The molecule has 3 nitrogen and oxygen atoms in total. The highest BCUT2D eigenvalue weighted by atomic mass is 35.5. The molecule has 0 aromatic heterocycles. The van der Waals surface area contributed by atoms with E-state index in [0.717, 1.165) is 16.6 Å². The first-order valence-corrected chi connectivity index (χ1v) is 6.09. The minimum Gasteiger partial charge on any atom is -0.456 e. The number of likely N-dealkylation sites (N-methyl/N-ethyl adjacent to an activating group) is 1. The maximum absolute atomic E-state index is 11.8. The Morgan fingerprint density at radius 1 is 1.29 bits per heavy atom. The van der Waals surface area contributed by atoms with E-state index >= 15 is 0 Å². The standard InChI is InChI=1S/C13H19ClNO2/c1-15(2,3)8-9-17-13(16)12-7-5-4-6-11(12)10-14/h4-7H,8-10H2,1-3H3/q+1. The lowest BCUT2D eigenvalue weighted by Gasteiger charge is -2.23. The van der Waals surface area contributed by atoms with Gasteiger partial charge in [0.1, 0.15) is 13.2 Å². The maximum atomic E-state index is 11.8. The Morgan fingerprint density at radius 3 is 2.53 bits per heavy atom. The predicted molar refractivity (Wildman–Crippen MR) is 69.2 cm³/mol. The molecule has 0 aliphatic heterocycles. The number of esters is 1. The molecule has 0 spiro atoms. The van der Waals surface area contributed by atoms with Crippen LogP contribution in [0.2, 0.25) is 0 Å². The zero-order valence-electron chi connectivity index (χ0n) is 10.6. The fourth-order valence-electron chi connectivity index (χ4n) is 1.33. The van der Waals surface area contributed by atoms with Crippen LogP contribution in [0.5, 0.6) is 0 Å². The van der Waals surface area contributed by atoms with Crippen molar-refractivity contribution >= 4 is 17.6 Å². The number of carbonyl (C=O) groups excluding carboxylic acids is 1. The van der Waals surface area contributed by atoms with Crippen LogP contribution in [0.15, 0.2) is 24.3 Å². The Hall–Kier alpha value is -1.06. The number of carbonyl (C=O) groups is 1. The molecule has 0 fully saturated rings. The first kappa shape index (κ1) is 14.0. The molecule has 4 heteroatoms. The van der Waals surface area contributed by atoms with E-state index in [4.69, 9.17) is 16.3 Å². The van der Waals surface area contributed by atoms with Crippen molar-refractivity contribution < 1.29 is 14.0 Å². The molecular weight excluding hydrogens is 238 g/mol. The van der Waals surface area contributed by atoms with Crippen molar-refractivity contribution in [2.75, 3.05) is 34.3 Å². The van der Waals surface area contributed by atoms with Crippen molar-refractivity contribution in [3.8, 4) is 0 Å². The second-order valence-electron chi connectivity index (χ2n) is 4.94. The number of quaternary nitrogens is 1. The number of alkyl halides is 1.